The van der Waals surface area contributed by atoms with Crippen LogP contribution in [-0.4, -0.2) is 63.2 Å². The first-order valence-corrected chi connectivity index (χ1v) is 18.9. The van der Waals surface area contributed by atoms with Crippen molar-refractivity contribution in [2.24, 2.45) is 0 Å². The second-order valence-electron chi connectivity index (χ2n) is 14.3. The Bertz CT molecular complexity index is 1510. The molecule has 12 heteroatoms. The maximum atomic E-state index is 12.9. The molecule has 52 heavy (non-hydrogen) atoms. The summed E-state index contributed by atoms with van der Waals surface area (Å²) in [6.45, 7) is 14.6. The number of nitrogens with zero attached hydrogens (tertiary/aromatic N) is 2. The molecule has 4 atom stereocenters. The van der Waals surface area contributed by atoms with Gasteiger partial charge in [-0.3, -0.25) is 19.4 Å². The molecule has 0 aliphatic carbocycles. The number of rotatable bonds is 5. The number of hydrogen-bond donors (Lipinski definition) is 0. The summed E-state index contributed by atoms with van der Waals surface area (Å²) in [6.07, 6.45) is -1.19. The number of carbonyl (C=O) groups excluding carboxylic acids is 2. The van der Waals surface area contributed by atoms with E-state index in [0.29, 0.717) is 69.4 Å². The van der Waals surface area contributed by atoms with Crippen molar-refractivity contribution in [2.75, 3.05) is 26.2 Å². The summed E-state index contributed by atoms with van der Waals surface area (Å²) >= 11 is 0. The Balaban J connectivity index is 0.000000244. The summed E-state index contributed by atoms with van der Waals surface area (Å²) in [4.78, 5) is 29.2. The molecule has 0 saturated carbocycles. The van der Waals surface area contributed by atoms with Crippen LogP contribution in [0.25, 0.3) is 0 Å². The largest absolute Gasteiger partial charge is 0.416 e. The molecule has 0 amide bonds. The summed E-state index contributed by atoms with van der Waals surface area (Å²) in [6, 6.07) is 7.48. The smallest absolute Gasteiger partial charge is 0.300 e. The highest BCUT2D eigenvalue weighted by Gasteiger charge is 2.45. The Morgan fingerprint density at radius 3 is 1.44 bits per heavy atom. The number of halogens is 6. The molecule has 0 unspecified atom stereocenters. The predicted molar refractivity (Wildman–Crippen MR) is 197 cm³/mol. The number of unbranched alkanes of at least 4 members (excludes halogenated alkanes) is 2. The number of hydrogen-bond acceptors (Lipinski definition) is 4. The molecule has 2 aromatic carbocycles. The van der Waals surface area contributed by atoms with Crippen molar-refractivity contribution in [3.05, 3.63) is 69.8 Å². The standard InChI is InChI=1S/C18H21BF3NO.C16H17BF3NO.C4H10.C2H6/c1-2-3-7-17(19)11-23-8-6-12-9-13(18(20,21)22)4-5-14(12)15(23)10-16(17)24;1-2-15(17)9-21-6-5-10-7-11(16(18,19)20)3-4-12(10)13(21)8-14(15)22;1-3-4-2;1-2/h4-5,9,15H,2-3,6-8,10-11H2,1H3;3-4,7,13H,2,5-6,8-9H2,1H3;3-4H2,1-2H3;1-2H3/t15-,17+;13-,15+;;/m10../s1. The first kappa shape index (κ1) is 43.8. The number of carbonyl (C=O) groups is 2. The van der Waals surface area contributed by atoms with Gasteiger partial charge in [0, 0.05) is 61.7 Å². The molecule has 2 aromatic rings. The van der Waals surface area contributed by atoms with Crippen LogP contribution in [0.3, 0.4) is 0 Å². The van der Waals surface area contributed by atoms with Gasteiger partial charge < -0.3 is 0 Å². The summed E-state index contributed by atoms with van der Waals surface area (Å²) in [7, 11) is 12.5. The van der Waals surface area contributed by atoms with E-state index in [1.807, 2.05) is 20.8 Å². The number of ketones is 2. The van der Waals surface area contributed by atoms with Gasteiger partial charge in [0.25, 0.3) is 0 Å². The van der Waals surface area contributed by atoms with Crippen LogP contribution >= 0.6 is 0 Å². The highest BCUT2D eigenvalue weighted by molar-refractivity contribution is 6.29. The van der Waals surface area contributed by atoms with Crippen molar-refractivity contribution in [1.29, 1.82) is 0 Å². The van der Waals surface area contributed by atoms with Crippen LogP contribution in [0, 0.1) is 0 Å². The average Bonchev–Trinajstić information content (AvgIpc) is 3.12. The van der Waals surface area contributed by atoms with E-state index in [4.69, 9.17) is 15.7 Å². The molecule has 4 nitrogen and oxygen atoms in total. The zero-order valence-electron chi connectivity index (χ0n) is 31.7. The van der Waals surface area contributed by atoms with Gasteiger partial charge in [-0.25, -0.2) is 0 Å². The minimum Gasteiger partial charge on any atom is -0.300 e. The van der Waals surface area contributed by atoms with Gasteiger partial charge in [0.2, 0.25) is 0 Å². The molecule has 284 valence electrons. The maximum Gasteiger partial charge on any atom is 0.416 e. The van der Waals surface area contributed by atoms with E-state index < -0.39 is 34.1 Å². The van der Waals surface area contributed by atoms with Gasteiger partial charge in [0.15, 0.2) is 0 Å². The fraction of sp³-hybridized carbons (Fsp3) is 0.650. The molecule has 0 N–H and O–H groups in total. The van der Waals surface area contributed by atoms with Crippen LogP contribution in [0.5, 0.6) is 0 Å². The first-order chi connectivity index (χ1) is 24.4. The normalized spacial score (nSPS) is 25.8. The molecule has 4 heterocycles. The third-order valence-corrected chi connectivity index (χ3v) is 10.8. The molecule has 6 rings (SSSR count). The number of fused-ring (bicyclic) bond motifs is 6. The summed E-state index contributed by atoms with van der Waals surface area (Å²) in [5, 5.41) is -1.63. The van der Waals surface area contributed by atoms with E-state index in [1.165, 1.54) is 37.1 Å². The van der Waals surface area contributed by atoms with Crippen molar-refractivity contribution in [3.8, 4) is 0 Å². The Kier molecular flexibility index (Phi) is 15.3. The van der Waals surface area contributed by atoms with Crippen molar-refractivity contribution in [2.45, 2.75) is 141 Å². The van der Waals surface area contributed by atoms with Gasteiger partial charge in [-0.05, 0) is 65.8 Å². The molecule has 4 radical (unpaired) electrons. The lowest BCUT2D eigenvalue weighted by Crippen LogP contribution is -2.49. The van der Waals surface area contributed by atoms with E-state index in [1.54, 1.807) is 0 Å². The molecule has 0 spiro atoms. The van der Waals surface area contributed by atoms with E-state index in [-0.39, 0.29) is 30.1 Å². The van der Waals surface area contributed by atoms with Gasteiger partial charge in [-0.15, -0.1) is 0 Å². The van der Waals surface area contributed by atoms with E-state index in [2.05, 4.69) is 30.6 Å². The van der Waals surface area contributed by atoms with E-state index >= 15 is 0 Å². The van der Waals surface area contributed by atoms with Crippen molar-refractivity contribution < 1.29 is 35.9 Å². The molecule has 4 aliphatic heterocycles. The van der Waals surface area contributed by atoms with Crippen LogP contribution in [-0.2, 0) is 34.8 Å². The first-order valence-electron chi connectivity index (χ1n) is 18.9. The molecule has 2 saturated heterocycles. The quantitative estimate of drug-likeness (QED) is 0.227. The fourth-order valence-electron chi connectivity index (χ4n) is 7.42. The number of benzene rings is 2. The molecular weight excluding hydrogens is 676 g/mol. The highest BCUT2D eigenvalue weighted by Crippen LogP contribution is 2.47. The molecule has 0 aromatic heterocycles. The van der Waals surface area contributed by atoms with E-state index in [0.717, 1.165) is 36.1 Å². The third kappa shape index (κ3) is 10.1. The van der Waals surface area contributed by atoms with Crippen molar-refractivity contribution in [3.63, 3.8) is 0 Å². The third-order valence-electron chi connectivity index (χ3n) is 10.8. The summed E-state index contributed by atoms with van der Waals surface area (Å²) in [5.41, 5.74) is 1.85. The Labute approximate surface area is 309 Å². The molecule has 0 bridgehead atoms. The Morgan fingerprint density at radius 1 is 0.673 bits per heavy atom. The second kappa shape index (κ2) is 18.2. The molecule has 4 aliphatic rings. The van der Waals surface area contributed by atoms with Crippen LogP contribution in [0.2, 0.25) is 10.6 Å². The number of alkyl halides is 6. The SMILES string of the molecule is CC.CCCC.[B][C@@]1(CCCC)CN2CCc3cc(C(F)(F)F)ccc3[C@H]2CC1=O.[B][C@]1(CC)CN2CCc3cc(C(F)(F)F)ccc3[C@@H]2CC1=O. The predicted octanol–water partition coefficient (Wildman–Crippen LogP) is 10.2. The van der Waals surface area contributed by atoms with Gasteiger partial charge >= 0.3 is 12.4 Å². The van der Waals surface area contributed by atoms with Crippen molar-refractivity contribution in [1.82, 2.24) is 9.80 Å². The lowest BCUT2D eigenvalue weighted by molar-refractivity contribution is -0.138. The van der Waals surface area contributed by atoms with Crippen LogP contribution < -0.4 is 0 Å². The van der Waals surface area contributed by atoms with Gasteiger partial charge in [-0.1, -0.05) is 85.8 Å². The maximum absolute atomic E-state index is 12.9. The van der Waals surface area contributed by atoms with Crippen LogP contribution in [0.15, 0.2) is 36.4 Å². The zero-order valence-corrected chi connectivity index (χ0v) is 31.7. The Hall–Kier alpha value is -2.59. The lowest BCUT2D eigenvalue weighted by atomic mass is 9.58. The minimum atomic E-state index is -4.33. The van der Waals surface area contributed by atoms with Gasteiger partial charge in [-0.2, -0.15) is 26.3 Å². The fourth-order valence-corrected chi connectivity index (χ4v) is 7.42. The summed E-state index contributed by atoms with van der Waals surface area (Å²) < 4.78 is 77.1. The van der Waals surface area contributed by atoms with Crippen LogP contribution in [0.4, 0.5) is 26.3 Å². The van der Waals surface area contributed by atoms with Crippen LogP contribution in [0.1, 0.15) is 138 Å². The lowest BCUT2D eigenvalue weighted by Gasteiger charge is -2.47. The average molecular weight is 730 g/mol. The number of piperidine rings is 2. The topological polar surface area (TPSA) is 40.6 Å². The van der Waals surface area contributed by atoms with Gasteiger partial charge in [0.1, 0.15) is 11.6 Å². The minimum absolute atomic E-state index is 0.00370. The monoisotopic (exact) mass is 730 g/mol. The Morgan fingerprint density at radius 2 is 1.08 bits per heavy atom. The van der Waals surface area contributed by atoms with E-state index in [9.17, 15) is 35.9 Å². The second-order valence-corrected chi connectivity index (χ2v) is 14.3. The highest BCUT2D eigenvalue weighted by atomic mass is 19.4. The van der Waals surface area contributed by atoms with Crippen molar-refractivity contribution >= 4 is 27.3 Å². The summed E-state index contributed by atoms with van der Waals surface area (Å²) in [5.74, 6) is 0.0361. The molecular formula is C40H54B2F6N2O2. The number of Topliss-reactive ketones (excluding diaryl/α,β-unsaturated/α-hetero) is 2. The zero-order chi connectivity index (χ0) is 39.1. The van der Waals surface area contributed by atoms with Gasteiger partial charge in [0.05, 0.1) is 26.8 Å². The molecule has 2 fully saturated rings.